The van der Waals surface area contributed by atoms with E-state index in [1.54, 1.807) is 54.6 Å². The number of phenols is 1. The zero-order valence-electron chi connectivity index (χ0n) is 15.4. The molecule has 0 amide bonds. The van der Waals surface area contributed by atoms with Crippen LogP contribution < -0.4 is 0 Å². The zero-order chi connectivity index (χ0) is 19.7. The Balaban J connectivity index is 1.85. The molecule has 4 rings (SSSR count). The molecule has 1 atom stereocenters. The number of sulfonamides is 1. The van der Waals surface area contributed by atoms with Crippen molar-refractivity contribution in [2.24, 2.45) is 5.10 Å². The molecule has 6 heteroatoms. The zero-order valence-corrected chi connectivity index (χ0v) is 16.2. The van der Waals surface area contributed by atoms with Gasteiger partial charge in [-0.15, -0.1) is 0 Å². The molecule has 0 aliphatic carbocycles. The highest BCUT2D eigenvalue weighted by Gasteiger charge is 2.38. The maximum Gasteiger partial charge on any atom is 0.279 e. The van der Waals surface area contributed by atoms with E-state index in [0.717, 1.165) is 11.1 Å². The van der Waals surface area contributed by atoms with E-state index in [4.69, 9.17) is 0 Å². The summed E-state index contributed by atoms with van der Waals surface area (Å²) in [5.74, 6) is 0.0868. The number of hydrazone groups is 1. The van der Waals surface area contributed by atoms with Crippen LogP contribution in [-0.4, -0.2) is 23.7 Å². The topological polar surface area (TPSA) is 70.0 Å². The predicted molar refractivity (Wildman–Crippen MR) is 109 cm³/mol. The van der Waals surface area contributed by atoms with Crippen LogP contribution in [0, 0.1) is 6.92 Å². The first kappa shape index (κ1) is 18.3. The Labute approximate surface area is 164 Å². The lowest BCUT2D eigenvalue weighted by atomic mass is 9.96. The third-order valence-electron chi connectivity index (χ3n) is 4.92. The number of benzene rings is 3. The Morgan fingerprint density at radius 1 is 0.929 bits per heavy atom. The summed E-state index contributed by atoms with van der Waals surface area (Å²) in [6.07, 6.45) is 0.383. The summed E-state index contributed by atoms with van der Waals surface area (Å²) in [4.78, 5) is 0.191. The molecule has 0 aromatic heterocycles. The second-order valence-electron chi connectivity index (χ2n) is 6.73. The Hall–Kier alpha value is -3.12. The van der Waals surface area contributed by atoms with Crippen LogP contribution in [0.5, 0.6) is 5.75 Å². The average Bonchev–Trinajstić information content (AvgIpc) is 3.15. The van der Waals surface area contributed by atoms with E-state index in [9.17, 15) is 13.5 Å². The molecule has 3 aromatic rings. The first-order chi connectivity index (χ1) is 13.5. The summed E-state index contributed by atoms with van der Waals surface area (Å²) in [6, 6.07) is 22.4. The second-order valence-corrected chi connectivity index (χ2v) is 8.53. The van der Waals surface area contributed by atoms with Crippen molar-refractivity contribution in [1.29, 1.82) is 0 Å². The second kappa shape index (κ2) is 7.13. The number of aryl methyl sites for hydroxylation is 1. The van der Waals surface area contributed by atoms with Gasteiger partial charge in [0.1, 0.15) is 5.75 Å². The van der Waals surface area contributed by atoms with Gasteiger partial charge >= 0.3 is 0 Å². The van der Waals surface area contributed by atoms with Gasteiger partial charge in [0.15, 0.2) is 0 Å². The van der Waals surface area contributed by atoms with E-state index in [1.807, 2.05) is 31.2 Å². The maximum atomic E-state index is 13.3. The van der Waals surface area contributed by atoms with Gasteiger partial charge in [-0.05, 0) is 42.3 Å². The number of aromatic hydroxyl groups is 1. The molecule has 0 saturated carbocycles. The first-order valence-electron chi connectivity index (χ1n) is 8.99. The van der Waals surface area contributed by atoms with Crippen LogP contribution in [0.25, 0.3) is 0 Å². The van der Waals surface area contributed by atoms with Crippen molar-refractivity contribution in [1.82, 2.24) is 4.41 Å². The summed E-state index contributed by atoms with van der Waals surface area (Å²) in [6.45, 7) is 1.96. The molecule has 0 bridgehead atoms. The van der Waals surface area contributed by atoms with Crippen LogP contribution in [0.4, 0.5) is 0 Å². The Kier molecular flexibility index (Phi) is 4.65. The molecule has 5 nitrogen and oxygen atoms in total. The minimum atomic E-state index is -3.84. The lowest BCUT2D eigenvalue weighted by molar-refractivity contribution is 0.370. The standard InChI is InChI=1S/C22H20N2O3S/c1-16-9-5-6-12-18(16)21-15-20(19-13-7-8-14-22(19)25)23-24(21)28(26,27)17-10-3-2-4-11-17/h2-14,21,25H,15H2,1H3/t21-/m0/s1. The van der Waals surface area contributed by atoms with Crippen molar-refractivity contribution in [3.05, 3.63) is 95.6 Å². The highest BCUT2D eigenvalue weighted by atomic mass is 32.2. The highest BCUT2D eigenvalue weighted by molar-refractivity contribution is 7.89. The van der Waals surface area contributed by atoms with Crippen molar-refractivity contribution in [2.75, 3.05) is 0 Å². The monoisotopic (exact) mass is 392 g/mol. The van der Waals surface area contributed by atoms with E-state index in [2.05, 4.69) is 5.10 Å². The van der Waals surface area contributed by atoms with Crippen molar-refractivity contribution < 1.29 is 13.5 Å². The first-order valence-corrected chi connectivity index (χ1v) is 10.4. The van der Waals surface area contributed by atoms with Crippen LogP contribution in [0.2, 0.25) is 0 Å². The van der Waals surface area contributed by atoms with Gasteiger partial charge in [-0.25, -0.2) is 0 Å². The third-order valence-corrected chi connectivity index (χ3v) is 6.62. The summed E-state index contributed by atoms with van der Waals surface area (Å²) >= 11 is 0. The molecular formula is C22H20N2O3S. The molecule has 0 spiro atoms. The Morgan fingerprint density at radius 2 is 1.57 bits per heavy atom. The van der Waals surface area contributed by atoms with Gasteiger partial charge in [0.2, 0.25) is 0 Å². The maximum absolute atomic E-state index is 13.3. The number of hydrogen-bond acceptors (Lipinski definition) is 4. The summed E-state index contributed by atoms with van der Waals surface area (Å²) in [5, 5.41) is 14.7. The molecule has 0 unspecified atom stereocenters. The molecule has 0 radical (unpaired) electrons. The van der Waals surface area contributed by atoms with Gasteiger partial charge in [0.25, 0.3) is 10.0 Å². The van der Waals surface area contributed by atoms with Crippen LogP contribution >= 0.6 is 0 Å². The molecule has 1 aliphatic heterocycles. The van der Waals surface area contributed by atoms with E-state index >= 15 is 0 Å². The molecule has 1 N–H and O–H groups in total. The van der Waals surface area contributed by atoms with Gasteiger partial charge in [-0.1, -0.05) is 54.6 Å². The number of phenolic OH excluding ortho intramolecular Hbond substituents is 1. The number of para-hydroxylation sites is 1. The van der Waals surface area contributed by atoms with Gasteiger partial charge in [0, 0.05) is 12.0 Å². The van der Waals surface area contributed by atoms with E-state index in [-0.39, 0.29) is 10.6 Å². The Bertz CT molecular complexity index is 1140. The minimum Gasteiger partial charge on any atom is -0.507 e. The average molecular weight is 392 g/mol. The lowest BCUT2D eigenvalue weighted by Gasteiger charge is -2.24. The molecule has 142 valence electrons. The van der Waals surface area contributed by atoms with Crippen LogP contribution in [-0.2, 0) is 10.0 Å². The van der Waals surface area contributed by atoms with Crippen molar-refractivity contribution in [3.63, 3.8) is 0 Å². The fraction of sp³-hybridized carbons (Fsp3) is 0.136. The fourth-order valence-electron chi connectivity index (χ4n) is 3.48. The summed E-state index contributed by atoms with van der Waals surface area (Å²) in [7, 11) is -3.84. The van der Waals surface area contributed by atoms with Crippen LogP contribution in [0.1, 0.15) is 29.2 Å². The molecule has 1 heterocycles. The molecule has 0 saturated heterocycles. The number of hydrogen-bond donors (Lipinski definition) is 1. The van der Waals surface area contributed by atoms with Gasteiger partial charge in [-0.3, -0.25) is 0 Å². The summed E-state index contributed by atoms with van der Waals surface area (Å²) < 4.78 is 27.9. The Morgan fingerprint density at radius 3 is 2.29 bits per heavy atom. The van der Waals surface area contributed by atoms with Crippen molar-refractivity contribution in [2.45, 2.75) is 24.3 Å². The fourth-order valence-corrected chi connectivity index (χ4v) is 4.93. The largest absolute Gasteiger partial charge is 0.507 e. The molecule has 28 heavy (non-hydrogen) atoms. The van der Waals surface area contributed by atoms with E-state index in [0.29, 0.717) is 17.7 Å². The van der Waals surface area contributed by atoms with Crippen molar-refractivity contribution >= 4 is 15.7 Å². The minimum absolute atomic E-state index is 0.0868. The quantitative estimate of drug-likeness (QED) is 0.722. The van der Waals surface area contributed by atoms with Gasteiger partial charge in [0.05, 0.1) is 16.6 Å². The smallest absolute Gasteiger partial charge is 0.279 e. The number of nitrogens with zero attached hydrogens (tertiary/aromatic N) is 2. The predicted octanol–water partition coefficient (Wildman–Crippen LogP) is 4.24. The van der Waals surface area contributed by atoms with E-state index < -0.39 is 16.1 Å². The normalized spacial score (nSPS) is 16.8. The SMILES string of the molecule is Cc1ccccc1[C@@H]1CC(c2ccccc2O)=NN1S(=O)(=O)c1ccccc1. The highest BCUT2D eigenvalue weighted by Crippen LogP contribution is 2.39. The van der Waals surface area contributed by atoms with Crippen LogP contribution in [0.3, 0.4) is 0 Å². The van der Waals surface area contributed by atoms with Crippen LogP contribution in [0.15, 0.2) is 88.9 Å². The molecule has 0 fully saturated rings. The molecular weight excluding hydrogens is 372 g/mol. The van der Waals surface area contributed by atoms with Crippen molar-refractivity contribution in [3.8, 4) is 5.75 Å². The van der Waals surface area contributed by atoms with Gasteiger partial charge < -0.3 is 5.11 Å². The third kappa shape index (κ3) is 3.16. The molecule has 3 aromatic carbocycles. The van der Waals surface area contributed by atoms with E-state index in [1.165, 1.54) is 4.41 Å². The lowest BCUT2D eigenvalue weighted by Crippen LogP contribution is -2.27. The van der Waals surface area contributed by atoms with Gasteiger partial charge in [-0.2, -0.15) is 17.9 Å². The molecule has 1 aliphatic rings. The number of rotatable bonds is 4. The summed E-state index contributed by atoms with van der Waals surface area (Å²) in [5.41, 5.74) is 2.99.